The van der Waals surface area contributed by atoms with E-state index in [9.17, 15) is 35.5 Å². The van der Waals surface area contributed by atoms with Gasteiger partial charge in [0.2, 0.25) is 0 Å². The van der Waals surface area contributed by atoms with Crippen molar-refractivity contribution in [1.29, 1.82) is 0 Å². The molecule has 2 aromatic rings. The minimum absolute atomic E-state index is 0.00813. The fourth-order valence-electron chi connectivity index (χ4n) is 3.34. The molecule has 31 heavy (non-hydrogen) atoms. The molecule has 168 valence electrons. The monoisotopic (exact) mass is 450 g/mol. The summed E-state index contributed by atoms with van der Waals surface area (Å²) in [6.45, 7) is 1.67. The number of rotatable bonds is 2. The molecule has 2 heterocycles. The maximum absolute atomic E-state index is 13.4. The molecular formula is C19H17F7N4O. The molecule has 3 rings (SSSR count). The van der Waals surface area contributed by atoms with Gasteiger partial charge in [-0.3, -0.25) is 0 Å². The van der Waals surface area contributed by atoms with Gasteiger partial charge in [-0.2, -0.15) is 26.3 Å². The fourth-order valence-corrected chi connectivity index (χ4v) is 3.34. The van der Waals surface area contributed by atoms with Gasteiger partial charge < -0.3 is 15.1 Å². The van der Waals surface area contributed by atoms with Gasteiger partial charge in [-0.05, 0) is 37.3 Å². The van der Waals surface area contributed by atoms with Gasteiger partial charge in [0.15, 0.2) is 0 Å². The zero-order chi connectivity index (χ0) is 23.0. The lowest BCUT2D eigenvalue weighted by molar-refractivity contribution is -0.140. The summed E-state index contributed by atoms with van der Waals surface area (Å²) in [6.07, 6.45) is -8.29. The third-order valence-corrected chi connectivity index (χ3v) is 4.80. The van der Waals surface area contributed by atoms with Gasteiger partial charge in [0.1, 0.15) is 11.6 Å². The van der Waals surface area contributed by atoms with E-state index in [4.69, 9.17) is 0 Å². The molecule has 0 radical (unpaired) electrons. The Kier molecular flexibility index (Phi) is 6.01. The summed E-state index contributed by atoms with van der Waals surface area (Å²) >= 11 is 0. The summed E-state index contributed by atoms with van der Waals surface area (Å²) in [5.41, 5.74) is -2.67. The summed E-state index contributed by atoms with van der Waals surface area (Å²) in [5.74, 6) is -1.72. The van der Waals surface area contributed by atoms with Crippen molar-refractivity contribution in [2.45, 2.75) is 25.3 Å². The summed E-state index contributed by atoms with van der Waals surface area (Å²) in [4.78, 5) is 19.0. The van der Waals surface area contributed by atoms with Gasteiger partial charge in [0.25, 0.3) is 0 Å². The molecule has 1 atom stereocenters. The molecule has 0 bridgehead atoms. The first-order valence-electron chi connectivity index (χ1n) is 9.09. The number of carbonyl (C=O) groups excluding carboxylic acids is 1. The van der Waals surface area contributed by atoms with Crippen LogP contribution in [0.2, 0.25) is 0 Å². The Hall–Kier alpha value is -3.05. The number of hydrogen-bond donors (Lipinski definition) is 1. The number of hydrogen-bond acceptors (Lipinski definition) is 3. The fraction of sp³-hybridized carbons (Fsp3) is 0.368. The molecule has 1 aliphatic heterocycles. The van der Waals surface area contributed by atoms with E-state index < -0.39 is 41.4 Å². The second kappa shape index (κ2) is 8.23. The number of aromatic nitrogens is 1. The highest BCUT2D eigenvalue weighted by molar-refractivity contribution is 5.89. The molecule has 0 saturated carbocycles. The van der Waals surface area contributed by atoms with Gasteiger partial charge >= 0.3 is 18.4 Å². The number of urea groups is 1. The number of amides is 2. The number of benzene rings is 1. The first kappa shape index (κ1) is 22.6. The molecule has 1 unspecified atom stereocenters. The normalized spacial score (nSPS) is 17.6. The third-order valence-electron chi connectivity index (χ3n) is 4.80. The van der Waals surface area contributed by atoms with Gasteiger partial charge in [-0.25, -0.2) is 14.2 Å². The van der Waals surface area contributed by atoms with Crippen molar-refractivity contribution in [3.05, 3.63) is 53.5 Å². The van der Waals surface area contributed by atoms with E-state index in [-0.39, 0.29) is 31.1 Å². The van der Waals surface area contributed by atoms with Crippen molar-refractivity contribution in [3.63, 3.8) is 0 Å². The highest BCUT2D eigenvalue weighted by atomic mass is 19.4. The average Bonchev–Trinajstić information content (AvgIpc) is 2.67. The van der Waals surface area contributed by atoms with Crippen molar-refractivity contribution < 1.29 is 35.5 Å². The van der Waals surface area contributed by atoms with Crippen LogP contribution in [0.3, 0.4) is 0 Å². The van der Waals surface area contributed by atoms with E-state index in [1.54, 1.807) is 6.92 Å². The van der Waals surface area contributed by atoms with Crippen LogP contribution in [0.15, 0.2) is 36.5 Å². The first-order valence-corrected chi connectivity index (χ1v) is 9.09. The molecule has 1 aromatic carbocycles. The Balaban J connectivity index is 1.72. The van der Waals surface area contributed by atoms with Gasteiger partial charge in [0, 0.05) is 37.6 Å². The Morgan fingerprint density at radius 2 is 1.74 bits per heavy atom. The van der Waals surface area contributed by atoms with Crippen LogP contribution in [0.5, 0.6) is 0 Å². The Bertz CT molecular complexity index is 961. The number of alkyl halides is 6. The topological polar surface area (TPSA) is 48.5 Å². The Morgan fingerprint density at radius 3 is 2.35 bits per heavy atom. The molecule has 0 aliphatic carbocycles. The highest BCUT2D eigenvalue weighted by Gasteiger charge is 2.38. The van der Waals surface area contributed by atoms with Crippen LogP contribution >= 0.6 is 0 Å². The van der Waals surface area contributed by atoms with Crippen LogP contribution in [-0.2, 0) is 12.4 Å². The van der Waals surface area contributed by atoms with E-state index in [1.165, 1.54) is 22.1 Å². The van der Waals surface area contributed by atoms with E-state index in [2.05, 4.69) is 10.3 Å². The minimum Gasteiger partial charge on any atom is -0.352 e. The number of piperazine rings is 1. The van der Waals surface area contributed by atoms with Crippen molar-refractivity contribution >= 4 is 17.5 Å². The molecular weight excluding hydrogens is 433 g/mol. The van der Waals surface area contributed by atoms with Crippen molar-refractivity contribution in [3.8, 4) is 0 Å². The van der Waals surface area contributed by atoms with Gasteiger partial charge in [-0.15, -0.1) is 0 Å². The van der Waals surface area contributed by atoms with E-state index in [1.807, 2.05) is 0 Å². The highest BCUT2D eigenvalue weighted by Crippen LogP contribution is 2.36. The second-order valence-corrected chi connectivity index (χ2v) is 6.98. The molecule has 2 amide bonds. The minimum atomic E-state index is -4.93. The lowest BCUT2D eigenvalue weighted by Gasteiger charge is -2.40. The number of nitrogens with zero attached hydrogens (tertiary/aromatic N) is 3. The number of halogens is 7. The van der Waals surface area contributed by atoms with E-state index in [0.717, 1.165) is 12.1 Å². The molecule has 0 spiro atoms. The van der Waals surface area contributed by atoms with Crippen LogP contribution < -0.4 is 10.2 Å². The lowest BCUT2D eigenvalue weighted by atomic mass is 10.1. The predicted molar refractivity (Wildman–Crippen MR) is 98.0 cm³/mol. The maximum atomic E-state index is 13.4. The first-order chi connectivity index (χ1) is 14.4. The molecule has 1 N–H and O–H groups in total. The van der Waals surface area contributed by atoms with Crippen LogP contribution in [0.25, 0.3) is 0 Å². The van der Waals surface area contributed by atoms with Crippen molar-refractivity contribution in [2.24, 2.45) is 0 Å². The van der Waals surface area contributed by atoms with Crippen molar-refractivity contribution in [1.82, 2.24) is 9.88 Å². The van der Waals surface area contributed by atoms with E-state index in [0.29, 0.717) is 12.1 Å². The number of nitrogens with one attached hydrogen (secondary N) is 1. The lowest BCUT2D eigenvalue weighted by Crippen LogP contribution is -2.55. The van der Waals surface area contributed by atoms with Crippen LogP contribution in [0.4, 0.5) is 47.0 Å². The molecule has 1 aliphatic rings. The predicted octanol–water partition coefficient (Wildman–Crippen LogP) is 5.00. The van der Waals surface area contributed by atoms with Crippen molar-refractivity contribution in [2.75, 3.05) is 29.9 Å². The largest absolute Gasteiger partial charge is 0.419 e. The number of carbonyl (C=O) groups is 1. The summed E-state index contributed by atoms with van der Waals surface area (Å²) < 4.78 is 91.7. The quantitative estimate of drug-likeness (QED) is 0.656. The molecule has 1 saturated heterocycles. The zero-order valence-corrected chi connectivity index (χ0v) is 16.1. The smallest absolute Gasteiger partial charge is 0.352 e. The van der Waals surface area contributed by atoms with Gasteiger partial charge in [0.05, 0.1) is 11.1 Å². The summed E-state index contributed by atoms with van der Waals surface area (Å²) in [7, 11) is 0. The molecule has 1 fully saturated rings. The Morgan fingerprint density at radius 1 is 1.06 bits per heavy atom. The zero-order valence-electron chi connectivity index (χ0n) is 16.1. The summed E-state index contributed by atoms with van der Waals surface area (Å²) in [5, 5.41) is 2.28. The molecule has 5 nitrogen and oxygen atoms in total. The molecule has 12 heteroatoms. The van der Waals surface area contributed by atoms with Crippen LogP contribution in [0.1, 0.15) is 18.1 Å². The number of pyridine rings is 1. The molecule has 1 aromatic heterocycles. The maximum Gasteiger partial charge on any atom is 0.419 e. The number of anilines is 2. The van der Waals surface area contributed by atoms with E-state index >= 15 is 0 Å². The van der Waals surface area contributed by atoms with Crippen LogP contribution in [-0.4, -0.2) is 41.6 Å². The third kappa shape index (κ3) is 5.00. The van der Waals surface area contributed by atoms with Gasteiger partial charge in [-0.1, -0.05) is 0 Å². The summed E-state index contributed by atoms with van der Waals surface area (Å²) in [6, 6.07) is 2.85. The Labute approximate surface area is 172 Å². The average molecular weight is 450 g/mol. The second-order valence-electron chi connectivity index (χ2n) is 6.98. The van der Waals surface area contributed by atoms with Crippen LogP contribution in [0, 0.1) is 5.82 Å². The standard InChI is InChI=1S/C19H17F7N4O/c1-11-10-29(16-13(18(21,22)23)3-2-6-27-16)7-8-30(11)17(31)28-12-4-5-15(20)14(9-12)19(24,25)26/h2-6,9,11H,7-8,10H2,1H3,(H,28,31). The SMILES string of the molecule is CC1CN(c2ncccc2C(F)(F)F)CCN1C(=O)Nc1ccc(F)c(C(F)(F)F)c1.